The number of halogens is 1. The van der Waals surface area contributed by atoms with Crippen molar-refractivity contribution in [3.8, 4) is 0 Å². The molecular weight excluding hydrogens is 286 g/mol. The van der Waals surface area contributed by atoms with Gasteiger partial charge in [0.2, 0.25) is 0 Å². The predicted molar refractivity (Wildman–Crippen MR) is 84.3 cm³/mol. The summed E-state index contributed by atoms with van der Waals surface area (Å²) in [5.74, 6) is -0.0471. The summed E-state index contributed by atoms with van der Waals surface area (Å²) in [6.07, 6.45) is 8.34. The van der Waals surface area contributed by atoms with Crippen molar-refractivity contribution in [2.24, 2.45) is 5.41 Å². The molecule has 0 heterocycles. The van der Waals surface area contributed by atoms with Gasteiger partial charge in [0.1, 0.15) is 0 Å². The van der Waals surface area contributed by atoms with E-state index in [-0.39, 0.29) is 5.91 Å². The number of nitrogens with one attached hydrogen (secondary N) is 1. The second-order valence-corrected chi connectivity index (χ2v) is 6.50. The molecule has 0 atom stereocenters. The number of hydrogen-bond donors (Lipinski definition) is 1. The molecule has 1 amide bonds. The fourth-order valence-electron chi connectivity index (χ4n) is 3.02. The molecule has 2 aliphatic rings. The standard InChI is InChI=1S/C17H20ClNO2/c1-2-21-8-5-12-3-4-13(18)9-15(12)16(20)19-14-10-17(11-14)6-7-17/h3-5,8-9,14H,2,6-7,10-11H2,1H3,(H,19,20)/b8-5+. The van der Waals surface area contributed by atoms with Crippen LogP contribution >= 0.6 is 11.6 Å². The van der Waals surface area contributed by atoms with E-state index >= 15 is 0 Å². The number of carbonyl (C=O) groups excluding carboxylic acids is 1. The largest absolute Gasteiger partial charge is 0.501 e. The minimum atomic E-state index is -0.0471. The van der Waals surface area contributed by atoms with E-state index < -0.39 is 0 Å². The minimum absolute atomic E-state index is 0.0471. The van der Waals surface area contributed by atoms with Crippen LogP contribution in [0.15, 0.2) is 24.5 Å². The molecule has 3 nitrogen and oxygen atoms in total. The zero-order chi connectivity index (χ0) is 14.9. The van der Waals surface area contributed by atoms with Crippen LogP contribution in [0.25, 0.3) is 6.08 Å². The average molecular weight is 306 g/mol. The number of rotatable bonds is 5. The second kappa shape index (κ2) is 5.72. The minimum Gasteiger partial charge on any atom is -0.501 e. The average Bonchev–Trinajstić information content (AvgIpc) is 3.20. The van der Waals surface area contributed by atoms with Gasteiger partial charge in [-0.2, -0.15) is 0 Å². The molecular formula is C17H20ClNO2. The van der Waals surface area contributed by atoms with E-state index in [0.29, 0.717) is 28.6 Å². The van der Waals surface area contributed by atoms with Crippen molar-refractivity contribution in [1.29, 1.82) is 0 Å². The van der Waals surface area contributed by atoms with Gasteiger partial charge < -0.3 is 10.1 Å². The maximum absolute atomic E-state index is 12.4. The lowest BCUT2D eigenvalue weighted by molar-refractivity contribution is 0.0877. The molecule has 2 saturated carbocycles. The first kappa shape index (κ1) is 14.5. The Hall–Kier alpha value is -1.48. The van der Waals surface area contributed by atoms with Gasteiger partial charge in [-0.25, -0.2) is 0 Å². The van der Waals surface area contributed by atoms with Crippen LogP contribution in [-0.4, -0.2) is 18.6 Å². The van der Waals surface area contributed by atoms with Gasteiger partial charge in [0.25, 0.3) is 5.91 Å². The van der Waals surface area contributed by atoms with Gasteiger partial charge in [-0.05, 0) is 61.8 Å². The predicted octanol–water partition coefficient (Wildman–Crippen LogP) is 4.02. The van der Waals surface area contributed by atoms with Crippen molar-refractivity contribution >= 4 is 23.6 Å². The Morgan fingerprint density at radius 2 is 2.24 bits per heavy atom. The fourth-order valence-corrected chi connectivity index (χ4v) is 3.20. The summed E-state index contributed by atoms with van der Waals surface area (Å²) < 4.78 is 5.21. The quantitative estimate of drug-likeness (QED) is 0.834. The summed E-state index contributed by atoms with van der Waals surface area (Å²) >= 11 is 6.03. The van der Waals surface area contributed by atoms with E-state index in [2.05, 4.69) is 5.32 Å². The molecule has 21 heavy (non-hydrogen) atoms. The Balaban J connectivity index is 1.69. The Labute approximate surface area is 130 Å². The summed E-state index contributed by atoms with van der Waals surface area (Å²) in [7, 11) is 0. The van der Waals surface area contributed by atoms with Gasteiger partial charge in [0.15, 0.2) is 0 Å². The maximum Gasteiger partial charge on any atom is 0.252 e. The van der Waals surface area contributed by atoms with Gasteiger partial charge in [0.05, 0.1) is 12.9 Å². The zero-order valence-electron chi connectivity index (χ0n) is 12.2. The lowest BCUT2D eigenvalue weighted by Crippen LogP contribution is -2.45. The van der Waals surface area contributed by atoms with Crippen LogP contribution in [0.2, 0.25) is 5.02 Å². The highest BCUT2D eigenvalue weighted by Gasteiger charge is 2.53. The second-order valence-electron chi connectivity index (χ2n) is 6.07. The van der Waals surface area contributed by atoms with E-state index in [9.17, 15) is 4.79 Å². The highest BCUT2D eigenvalue weighted by Crippen LogP contribution is 2.60. The lowest BCUT2D eigenvalue weighted by atomic mass is 9.77. The molecule has 0 bridgehead atoms. The van der Waals surface area contributed by atoms with Crippen molar-refractivity contribution in [2.45, 2.75) is 38.6 Å². The molecule has 2 fully saturated rings. The Morgan fingerprint density at radius 3 is 2.90 bits per heavy atom. The smallest absolute Gasteiger partial charge is 0.252 e. The first-order valence-electron chi connectivity index (χ1n) is 7.50. The molecule has 4 heteroatoms. The summed E-state index contributed by atoms with van der Waals surface area (Å²) in [5.41, 5.74) is 2.02. The Morgan fingerprint density at radius 1 is 1.48 bits per heavy atom. The molecule has 1 N–H and O–H groups in total. The van der Waals surface area contributed by atoms with Gasteiger partial charge in [-0.3, -0.25) is 4.79 Å². The third-order valence-electron chi connectivity index (χ3n) is 4.42. The van der Waals surface area contributed by atoms with Crippen molar-refractivity contribution < 1.29 is 9.53 Å². The third-order valence-corrected chi connectivity index (χ3v) is 4.66. The summed E-state index contributed by atoms with van der Waals surface area (Å²) in [6, 6.07) is 5.67. The van der Waals surface area contributed by atoms with Crippen molar-refractivity contribution in [2.75, 3.05) is 6.61 Å². The molecule has 0 radical (unpaired) electrons. The Kier molecular flexibility index (Phi) is 3.94. The molecule has 3 rings (SSSR count). The van der Waals surface area contributed by atoms with E-state index in [0.717, 1.165) is 18.4 Å². The van der Waals surface area contributed by atoms with Gasteiger partial charge >= 0.3 is 0 Å². The molecule has 0 unspecified atom stereocenters. The van der Waals surface area contributed by atoms with Gasteiger partial charge in [0, 0.05) is 16.6 Å². The van der Waals surface area contributed by atoms with Crippen LogP contribution in [0.5, 0.6) is 0 Å². The van der Waals surface area contributed by atoms with Crippen LogP contribution in [0.1, 0.15) is 48.5 Å². The van der Waals surface area contributed by atoms with Crippen molar-refractivity contribution in [3.05, 3.63) is 40.6 Å². The lowest BCUT2D eigenvalue weighted by Gasteiger charge is -2.36. The molecule has 0 aliphatic heterocycles. The number of carbonyl (C=O) groups is 1. The van der Waals surface area contributed by atoms with Crippen LogP contribution in [-0.2, 0) is 4.74 Å². The highest BCUT2D eigenvalue weighted by atomic mass is 35.5. The summed E-state index contributed by atoms with van der Waals surface area (Å²) in [4.78, 5) is 12.4. The van der Waals surface area contributed by atoms with E-state index in [4.69, 9.17) is 16.3 Å². The molecule has 2 aliphatic carbocycles. The van der Waals surface area contributed by atoms with Gasteiger partial charge in [-0.1, -0.05) is 17.7 Å². The SMILES string of the molecule is CCO/C=C/c1ccc(Cl)cc1C(=O)NC1CC2(CC2)C1. The fraction of sp³-hybridized carbons (Fsp3) is 0.471. The molecule has 0 saturated heterocycles. The van der Waals surface area contributed by atoms with Crippen LogP contribution in [0.4, 0.5) is 0 Å². The van der Waals surface area contributed by atoms with E-state index in [1.54, 1.807) is 24.5 Å². The first-order chi connectivity index (χ1) is 10.1. The van der Waals surface area contributed by atoms with Gasteiger partial charge in [-0.15, -0.1) is 0 Å². The Bertz CT molecular complexity index is 570. The van der Waals surface area contributed by atoms with Crippen LogP contribution in [0.3, 0.4) is 0 Å². The molecule has 1 spiro atoms. The zero-order valence-corrected chi connectivity index (χ0v) is 13.0. The summed E-state index contributed by atoms with van der Waals surface area (Å²) in [6.45, 7) is 2.53. The topological polar surface area (TPSA) is 38.3 Å². The highest BCUT2D eigenvalue weighted by molar-refractivity contribution is 6.31. The number of ether oxygens (including phenoxy) is 1. The maximum atomic E-state index is 12.4. The summed E-state index contributed by atoms with van der Waals surface area (Å²) in [5, 5.41) is 3.68. The molecule has 0 aromatic heterocycles. The third kappa shape index (κ3) is 3.24. The monoisotopic (exact) mass is 305 g/mol. The molecule has 1 aromatic carbocycles. The first-order valence-corrected chi connectivity index (χ1v) is 7.88. The normalized spacial score (nSPS) is 19.5. The van der Waals surface area contributed by atoms with E-state index in [1.807, 2.05) is 13.0 Å². The van der Waals surface area contributed by atoms with Crippen LogP contribution < -0.4 is 5.32 Å². The van der Waals surface area contributed by atoms with E-state index in [1.165, 1.54) is 12.8 Å². The van der Waals surface area contributed by atoms with Crippen molar-refractivity contribution in [3.63, 3.8) is 0 Å². The van der Waals surface area contributed by atoms with Crippen molar-refractivity contribution in [1.82, 2.24) is 5.32 Å². The number of amides is 1. The molecule has 112 valence electrons. The number of hydrogen-bond acceptors (Lipinski definition) is 2. The number of benzene rings is 1. The van der Waals surface area contributed by atoms with Crippen LogP contribution in [0, 0.1) is 5.41 Å². The molecule has 1 aromatic rings.